The highest BCUT2D eigenvalue weighted by Gasteiger charge is 2.18. The summed E-state index contributed by atoms with van der Waals surface area (Å²) in [5, 5.41) is 3.38. The quantitative estimate of drug-likeness (QED) is 0.551. The third-order valence-electron chi connectivity index (χ3n) is 6.62. The summed E-state index contributed by atoms with van der Waals surface area (Å²) in [7, 11) is 4.34. The van der Waals surface area contributed by atoms with Gasteiger partial charge in [-0.15, -0.1) is 0 Å². The van der Waals surface area contributed by atoms with E-state index in [1.165, 1.54) is 5.56 Å². The Labute approximate surface area is 202 Å². The van der Waals surface area contributed by atoms with E-state index in [-0.39, 0.29) is 0 Å². The first-order valence-electron chi connectivity index (χ1n) is 12.1. The molecular formula is C26H34N8. The maximum Gasteiger partial charge on any atom is 0.227 e. The fourth-order valence-electron chi connectivity index (χ4n) is 4.67. The molecule has 1 fully saturated rings. The van der Waals surface area contributed by atoms with E-state index in [1.807, 2.05) is 12.3 Å². The molecule has 1 N–H and O–H groups in total. The van der Waals surface area contributed by atoms with Crippen molar-refractivity contribution in [3.63, 3.8) is 0 Å². The first kappa shape index (κ1) is 22.7. The van der Waals surface area contributed by atoms with Crippen LogP contribution in [0.1, 0.15) is 12.0 Å². The highest BCUT2D eigenvalue weighted by Crippen LogP contribution is 2.22. The van der Waals surface area contributed by atoms with Crippen LogP contribution < -0.4 is 10.2 Å². The zero-order chi connectivity index (χ0) is 23.3. The van der Waals surface area contributed by atoms with Gasteiger partial charge in [-0.05, 0) is 49.4 Å². The van der Waals surface area contributed by atoms with Crippen LogP contribution in [0.5, 0.6) is 0 Å². The van der Waals surface area contributed by atoms with Crippen molar-refractivity contribution < 1.29 is 0 Å². The minimum atomic E-state index is 0.593. The molecule has 3 aromatic rings. The van der Waals surface area contributed by atoms with Gasteiger partial charge in [-0.1, -0.05) is 12.1 Å². The lowest BCUT2D eigenvalue weighted by atomic mass is 10.1. The molecule has 34 heavy (non-hydrogen) atoms. The molecule has 0 saturated carbocycles. The van der Waals surface area contributed by atoms with Crippen LogP contribution in [-0.4, -0.2) is 89.7 Å². The van der Waals surface area contributed by atoms with E-state index in [4.69, 9.17) is 9.97 Å². The van der Waals surface area contributed by atoms with Crippen LogP contribution in [0, 0.1) is 0 Å². The predicted octanol–water partition coefficient (Wildman–Crippen LogP) is 3.13. The second-order valence-electron chi connectivity index (χ2n) is 9.39. The van der Waals surface area contributed by atoms with Crippen molar-refractivity contribution in [2.45, 2.75) is 13.0 Å². The van der Waals surface area contributed by atoms with Gasteiger partial charge in [0.25, 0.3) is 0 Å². The number of aromatic nitrogens is 3. The highest BCUT2D eigenvalue weighted by atomic mass is 15.3. The topological polar surface area (TPSA) is 63.7 Å². The number of benzene rings is 1. The van der Waals surface area contributed by atoms with E-state index in [0.29, 0.717) is 5.95 Å². The van der Waals surface area contributed by atoms with Crippen molar-refractivity contribution in [2.24, 2.45) is 0 Å². The van der Waals surface area contributed by atoms with E-state index in [1.54, 1.807) is 6.20 Å². The third-order valence-corrected chi connectivity index (χ3v) is 6.62. The van der Waals surface area contributed by atoms with Gasteiger partial charge in [0.1, 0.15) is 5.82 Å². The summed E-state index contributed by atoms with van der Waals surface area (Å²) in [5.41, 5.74) is 4.15. The van der Waals surface area contributed by atoms with Crippen LogP contribution in [0.4, 0.5) is 17.5 Å². The zero-order valence-electron chi connectivity index (χ0n) is 20.2. The molecule has 0 aliphatic carbocycles. The molecule has 0 spiro atoms. The van der Waals surface area contributed by atoms with Gasteiger partial charge in [0.2, 0.25) is 5.95 Å². The molecule has 178 valence electrons. The molecule has 2 aromatic heterocycles. The maximum absolute atomic E-state index is 4.73. The van der Waals surface area contributed by atoms with E-state index in [2.05, 4.69) is 80.4 Å². The smallest absolute Gasteiger partial charge is 0.227 e. The molecule has 7 heterocycles. The van der Waals surface area contributed by atoms with Gasteiger partial charge < -0.3 is 10.2 Å². The summed E-state index contributed by atoms with van der Waals surface area (Å²) < 4.78 is 0. The molecule has 0 unspecified atom stereocenters. The summed E-state index contributed by atoms with van der Waals surface area (Å²) in [4.78, 5) is 23.6. The number of pyridine rings is 1. The van der Waals surface area contributed by atoms with E-state index >= 15 is 0 Å². The maximum atomic E-state index is 4.73. The van der Waals surface area contributed by atoms with Crippen molar-refractivity contribution in [3.05, 3.63) is 60.4 Å². The van der Waals surface area contributed by atoms with Gasteiger partial charge in [-0.3, -0.25) is 14.7 Å². The van der Waals surface area contributed by atoms with E-state index < -0.39 is 0 Å². The third kappa shape index (κ3) is 5.70. The molecule has 1 saturated heterocycles. The molecule has 0 radical (unpaired) electrons. The van der Waals surface area contributed by atoms with Crippen LogP contribution in [0.3, 0.4) is 0 Å². The fraction of sp³-hybridized carbons (Fsp3) is 0.423. The van der Waals surface area contributed by atoms with Crippen LogP contribution in [0.25, 0.3) is 11.3 Å². The predicted molar refractivity (Wildman–Crippen MR) is 137 cm³/mol. The Kier molecular flexibility index (Phi) is 6.99. The van der Waals surface area contributed by atoms with Gasteiger partial charge in [0.15, 0.2) is 0 Å². The van der Waals surface area contributed by atoms with Crippen molar-refractivity contribution in [1.82, 2.24) is 29.7 Å². The lowest BCUT2D eigenvalue weighted by Crippen LogP contribution is -2.49. The molecule has 8 nitrogen and oxygen atoms in total. The largest absolute Gasteiger partial charge is 0.360 e. The zero-order valence-corrected chi connectivity index (χ0v) is 20.2. The molecule has 1 aromatic carbocycles. The van der Waals surface area contributed by atoms with Gasteiger partial charge in [0.05, 0.1) is 12.4 Å². The van der Waals surface area contributed by atoms with Crippen LogP contribution in [0.2, 0.25) is 0 Å². The molecule has 8 heteroatoms. The number of piperazine rings is 1. The standard InChI is InChI=1S/C26H34N8/c1-31-11-4-12-32(2)25-8-7-22(18-28-25)24-9-10-27-26(30-24)29-23-6-3-5-21(17-23)19-33-13-15-34(20-31)16-14-33/h3,5-10,17-18H,4,11-16,19-20H2,1-2H3,(H,27,29,30). The first-order valence-corrected chi connectivity index (χ1v) is 12.1. The summed E-state index contributed by atoms with van der Waals surface area (Å²) in [6, 6.07) is 14.7. The lowest BCUT2D eigenvalue weighted by Gasteiger charge is -2.36. The minimum absolute atomic E-state index is 0.593. The number of anilines is 3. The number of hydrogen-bond donors (Lipinski definition) is 1. The number of hydrogen-bond acceptors (Lipinski definition) is 8. The van der Waals surface area contributed by atoms with Gasteiger partial charge in [-0.2, -0.15) is 0 Å². The summed E-state index contributed by atoms with van der Waals surface area (Å²) in [6.07, 6.45) is 4.80. The lowest BCUT2D eigenvalue weighted by molar-refractivity contribution is 0.0811. The highest BCUT2D eigenvalue weighted by molar-refractivity contribution is 5.62. The second-order valence-corrected chi connectivity index (χ2v) is 9.39. The van der Waals surface area contributed by atoms with Crippen LogP contribution in [-0.2, 0) is 6.54 Å². The molecule has 0 atom stereocenters. The van der Waals surface area contributed by atoms with Gasteiger partial charge >= 0.3 is 0 Å². The molecule has 5 aliphatic heterocycles. The molecule has 0 amide bonds. The van der Waals surface area contributed by atoms with Crippen LogP contribution in [0.15, 0.2) is 54.9 Å². The molecular weight excluding hydrogens is 424 g/mol. The second kappa shape index (κ2) is 10.5. The summed E-state index contributed by atoms with van der Waals surface area (Å²) in [6.45, 7) is 8.46. The summed E-state index contributed by atoms with van der Waals surface area (Å²) >= 11 is 0. The molecule has 8 bridgehead atoms. The Morgan fingerprint density at radius 2 is 1.71 bits per heavy atom. The minimum Gasteiger partial charge on any atom is -0.360 e. The Bertz CT molecular complexity index is 1080. The van der Waals surface area contributed by atoms with Gasteiger partial charge in [-0.25, -0.2) is 15.0 Å². The average molecular weight is 459 g/mol. The Hall–Kier alpha value is -3.07. The van der Waals surface area contributed by atoms with Crippen LogP contribution >= 0.6 is 0 Å². The monoisotopic (exact) mass is 458 g/mol. The van der Waals surface area contributed by atoms with E-state index in [0.717, 1.165) is 81.7 Å². The molecule has 5 aliphatic rings. The number of rotatable bonds is 0. The fourth-order valence-corrected chi connectivity index (χ4v) is 4.67. The SMILES string of the molecule is CN1CCCN(C)c2ccc(cn2)-c2ccnc(n2)Nc2cccc(c2)CN2CCN(CC2)C1. The Morgan fingerprint density at radius 3 is 2.53 bits per heavy atom. The van der Waals surface area contributed by atoms with E-state index in [9.17, 15) is 0 Å². The van der Waals surface area contributed by atoms with Crippen molar-refractivity contribution in [1.29, 1.82) is 0 Å². The summed E-state index contributed by atoms with van der Waals surface area (Å²) in [5.74, 6) is 1.57. The Morgan fingerprint density at radius 1 is 0.853 bits per heavy atom. The number of nitrogens with one attached hydrogen (secondary N) is 1. The van der Waals surface area contributed by atoms with Crippen molar-refractivity contribution in [2.75, 3.05) is 70.2 Å². The first-order chi connectivity index (χ1) is 16.6. The normalized spacial score (nSPS) is 22.0. The van der Waals surface area contributed by atoms with Crippen molar-refractivity contribution >= 4 is 17.5 Å². The molecule has 8 rings (SSSR count). The average Bonchev–Trinajstić information content (AvgIpc) is 2.85. The Balaban J connectivity index is 1.39. The number of nitrogens with zero attached hydrogens (tertiary/aromatic N) is 7. The van der Waals surface area contributed by atoms with Gasteiger partial charge in [0, 0.05) is 76.5 Å². The van der Waals surface area contributed by atoms with Crippen molar-refractivity contribution in [3.8, 4) is 11.3 Å².